The number of amides is 1. The van der Waals surface area contributed by atoms with Crippen molar-refractivity contribution in [1.29, 1.82) is 0 Å². The van der Waals surface area contributed by atoms with Gasteiger partial charge in [0.05, 0.1) is 4.92 Å². The predicted octanol–water partition coefficient (Wildman–Crippen LogP) is 0.377. The second-order valence-corrected chi connectivity index (χ2v) is 4.88. The Morgan fingerprint density at radius 3 is 2.71 bits per heavy atom. The van der Waals surface area contributed by atoms with Gasteiger partial charge in [-0.2, -0.15) is 0 Å². The number of carbonyl (C=O) groups excluding carboxylic acids is 1. The highest BCUT2D eigenvalue weighted by Gasteiger charge is 2.25. The minimum absolute atomic E-state index is 0.000378. The number of anilines is 1. The molecule has 0 unspecified atom stereocenters. The maximum Gasteiger partial charge on any atom is 0.310 e. The van der Waals surface area contributed by atoms with Crippen LogP contribution in [0.3, 0.4) is 0 Å². The van der Waals surface area contributed by atoms with Crippen molar-refractivity contribution in [2.24, 2.45) is 5.73 Å². The first kappa shape index (κ1) is 15.2. The fourth-order valence-corrected chi connectivity index (χ4v) is 2.40. The summed E-state index contributed by atoms with van der Waals surface area (Å²) in [7, 11) is 0. The van der Waals surface area contributed by atoms with E-state index in [1.54, 1.807) is 17.2 Å². The van der Waals surface area contributed by atoms with Crippen LogP contribution in [0.25, 0.3) is 0 Å². The van der Waals surface area contributed by atoms with Crippen LogP contribution >= 0.6 is 0 Å². The summed E-state index contributed by atoms with van der Waals surface area (Å²) in [4.78, 5) is 30.0. The lowest BCUT2D eigenvalue weighted by Gasteiger charge is -2.35. The van der Waals surface area contributed by atoms with Crippen LogP contribution in [0.5, 0.6) is 0 Å². The van der Waals surface area contributed by atoms with Gasteiger partial charge in [0, 0.05) is 38.8 Å². The lowest BCUT2D eigenvalue weighted by atomic mass is 10.2. The van der Waals surface area contributed by atoms with Gasteiger partial charge in [0.25, 0.3) is 0 Å². The molecule has 1 aromatic rings. The van der Waals surface area contributed by atoms with Crippen LogP contribution in [-0.4, -0.2) is 53.4 Å². The number of carbonyl (C=O) groups is 1. The minimum Gasteiger partial charge on any atom is -0.362 e. The van der Waals surface area contributed by atoms with Gasteiger partial charge in [0.15, 0.2) is 0 Å². The maximum atomic E-state index is 11.9. The molecule has 1 amide bonds. The number of nitro groups is 1. The minimum atomic E-state index is -0.429. The molecule has 114 valence electrons. The topological polar surface area (TPSA) is 106 Å². The Kier molecular flexibility index (Phi) is 5.04. The van der Waals surface area contributed by atoms with E-state index in [9.17, 15) is 14.9 Å². The summed E-state index contributed by atoms with van der Waals surface area (Å²) in [5, 5.41) is 11.0. The lowest BCUT2D eigenvalue weighted by molar-refractivity contribution is -0.384. The second-order valence-electron chi connectivity index (χ2n) is 4.88. The van der Waals surface area contributed by atoms with Crippen LogP contribution in [0.2, 0.25) is 0 Å². The summed E-state index contributed by atoms with van der Waals surface area (Å²) in [5.74, 6) is 0.101. The number of nitrogens with two attached hydrogens (primary N) is 1. The molecule has 21 heavy (non-hydrogen) atoms. The zero-order valence-electron chi connectivity index (χ0n) is 11.8. The number of pyridine rings is 1. The van der Waals surface area contributed by atoms with E-state index in [1.807, 2.05) is 4.90 Å². The Balaban J connectivity index is 1.98. The molecule has 2 N–H and O–H groups in total. The molecule has 1 aromatic heterocycles. The van der Waals surface area contributed by atoms with Gasteiger partial charge < -0.3 is 15.5 Å². The van der Waals surface area contributed by atoms with E-state index in [2.05, 4.69) is 4.98 Å². The normalized spacial score (nSPS) is 15.1. The van der Waals surface area contributed by atoms with Gasteiger partial charge >= 0.3 is 5.69 Å². The summed E-state index contributed by atoms with van der Waals surface area (Å²) in [6.45, 7) is 2.82. The first-order chi connectivity index (χ1) is 10.1. The third kappa shape index (κ3) is 3.66. The number of piperazine rings is 1. The highest BCUT2D eigenvalue weighted by atomic mass is 16.6. The molecule has 0 radical (unpaired) electrons. The third-order valence-corrected chi connectivity index (χ3v) is 3.54. The molecular formula is C13H19N5O3. The summed E-state index contributed by atoms with van der Waals surface area (Å²) in [5.41, 5.74) is 5.96. The molecule has 8 nitrogen and oxygen atoms in total. The van der Waals surface area contributed by atoms with Crippen LogP contribution in [0.4, 0.5) is 11.4 Å². The molecule has 1 aliphatic heterocycles. The van der Waals surface area contributed by atoms with Gasteiger partial charge in [-0.3, -0.25) is 19.9 Å². The van der Waals surface area contributed by atoms with Crippen LogP contribution in [0.15, 0.2) is 18.5 Å². The molecule has 2 heterocycles. The predicted molar refractivity (Wildman–Crippen MR) is 78.0 cm³/mol. The Labute approximate surface area is 122 Å². The first-order valence-electron chi connectivity index (χ1n) is 6.94. The van der Waals surface area contributed by atoms with E-state index in [1.165, 1.54) is 6.20 Å². The maximum absolute atomic E-state index is 11.9. The van der Waals surface area contributed by atoms with Gasteiger partial charge in [0.2, 0.25) is 5.91 Å². The fourth-order valence-electron chi connectivity index (χ4n) is 2.40. The Bertz CT molecular complexity index is 514. The van der Waals surface area contributed by atoms with Crippen molar-refractivity contribution >= 4 is 17.3 Å². The molecule has 0 spiro atoms. The number of aromatic nitrogens is 1. The number of hydrogen-bond acceptors (Lipinski definition) is 6. The van der Waals surface area contributed by atoms with Crippen molar-refractivity contribution in [3.8, 4) is 0 Å². The molecular weight excluding hydrogens is 274 g/mol. The summed E-state index contributed by atoms with van der Waals surface area (Å²) < 4.78 is 0. The van der Waals surface area contributed by atoms with E-state index in [0.29, 0.717) is 51.3 Å². The van der Waals surface area contributed by atoms with E-state index < -0.39 is 4.92 Å². The quantitative estimate of drug-likeness (QED) is 0.621. The SMILES string of the molecule is NCCCC(=O)N1CCN(c2ccncc2[N+](=O)[O-])CC1. The van der Waals surface area contributed by atoms with E-state index in [4.69, 9.17) is 5.73 Å². The van der Waals surface area contributed by atoms with Crippen molar-refractivity contribution in [1.82, 2.24) is 9.88 Å². The molecule has 0 bridgehead atoms. The van der Waals surface area contributed by atoms with E-state index >= 15 is 0 Å². The first-order valence-corrected chi connectivity index (χ1v) is 6.94. The summed E-state index contributed by atoms with van der Waals surface area (Å²) in [6.07, 6.45) is 3.95. The van der Waals surface area contributed by atoms with Gasteiger partial charge in [-0.05, 0) is 19.0 Å². The number of nitrogens with zero attached hydrogens (tertiary/aromatic N) is 4. The van der Waals surface area contributed by atoms with Gasteiger partial charge in [-0.15, -0.1) is 0 Å². The standard InChI is InChI=1S/C13H19N5O3/c14-4-1-2-13(19)17-8-6-16(7-9-17)11-3-5-15-10-12(11)18(20)21/h3,5,10H,1-2,4,6-9,14H2. The number of rotatable bonds is 5. The largest absolute Gasteiger partial charge is 0.362 e. The lowest BCUT2D eigenvalue weighted by Crippen LogP contribution is -2.49. The Hall–Kier alpha value is -2.22. The average molecular weight is 293 g/mol. The molecule has 1 fully saturated rings. The van der Waals surface area contributed by atoms with Crippen molar-refractivity contribution in [2.75, 3.05) is 37.6 Å². The summed E-state index contributed by atoms with van der Waals surface area (Å²) >= 11 is 0. The van der Waals surface area contributed by atoms with Crippen molar-refractivity contribution in [3.63, 3.8) is 0 Å². The van der Waals surface area contributed by atoms with Gasteiger partial charge in [-0.25, -0.2) is 0 Å². The molecule has 0 aliphatic carbocycles. The van der Waals surface area contributed by atoms with Crippen molar-refractivity contribution < 1.29 is 9.72 Å². The summed E-state index contributed by atoms with van der Waals surface area (Å²) in [6, 6.07) is 1.64. The van der Waals surface area contributed by atoms with Crippen molar-refractivity contribution in [3.05, 3.63) is 28.6 Å². The molecule has 0 atom stereocenters. The number of hydrogen-bond donors (Lipinski definition) is 1. The molecule has 0 saturated carbocycles. The zero-order valence-corrected chi connectivity index (χ0v) is 11.8. The Morgan fingerprint density at radius 2 is 2.10 bits per heavy atom. The van der Waals surface area contributed by atoms with E-state index in [0.717, 1.165) is 0 Å². The zero-order chi connectivity index (χ0) is 15.2. The molecule has 1 saturated heterocycles. The average Bonchev–Trinajstić information content (AvgIpc) is 2.52. The molecule has 2 rings (SSSR count). The van der Waals surface area contributed by atoms with Gasteiger partial charge in [-0.1, -0.05) is 0 Å². The van der Waals surface area contributed by atoms with Crippen molar-refractivity contribution in [2.45, 2.75) is 12.8 Å². The second kappa shape index (κ2) is 6.98. The van der Waals surface area contributed by atoms with Crippen LogP contribution in [-0.2, 0) is 4.79 Å². The smallest absolute Gasteiger partial charge is 0.310 e. The molecule has 8 heteroatoms. The molecule has 1 aliphatic rings. The van der Waals surface area contributed by atoms with Crippen LogP contribution in [0, 0.1) is 10.1 Å². The highest BCUT2D eigenvalue weighted by Crippen LogP contribution is 2.27. The molecule has 0 aromatic carbocycles. The van der Waals surface area contributed by atoms with Crippen LogP contribution < -0.4 is 10.6 Å². The monoisotopic (exact) mass is 293 g/mol. The fraction of sp³-hybridized carbons (Fsp3) is 0.538. The van der Waals surface area contributed by atoms with Crippen LogP contribution in [0.1, 0.15) is 12.8 Å². The third-order valence-electron chi connectivity index (χ3n) is 3.54. The van der Waals surface area contributed by atoms with E-state index in [-0.39, 0.29) is 11.6 Å². The van der Waals surface area contributed by atoms with Gasteiger partial charge in [0.1, 0.15) is 11.9 Å². The highest BCUT2D eigenvalue weighted by molar-refractivity contribution is 5.76. The Morgan fingerprint density at radius 1 is 1.38 bits per heavy atom.